The molecule has 0 spiro atoms. The number of benzene rings is 1. The van der Waals surface area contributed by atoms with Crippen molar-refractivity contribution in [1.82, 2.24) is 20.1 Å². The van der Waals surface area contributed by atoms with E-state index in [9.17, 15) is 4.79 Å². The smallest absolute Gasteiger partial charge is 0.272 e. The lowest BCUT2D eigenvalue weighted by molar-refractivity contribution is 0.0924. The van der Waals surface area contributed by atoms with E-state index in [0.717, 1.165) is 29.8 Å². The molecule has 0 atom stereocenters. The third-order valence-corrected chi connectivity index (χ3v) is 4.07. The summed E-state index contributed by atoms with van der Waals surface area (Å²) in [5, 5.41) is 8.25. The summed E-state index contributed by atoms with van der Waals surface area (Å²) in [5.41, 5.74) is 1.45. The van der Waals surface area contributed by atoms with Crippen molar-refractivity contribution >= 4 is 22.6 Å². The molecule has 1 aromatic carbocycles. The van der Waals surface area contributed by atoms with E-state index in [1.165, 1.54) is 0 Å². The van der Waals surface area contributed by atoms with Gasteiger partial charge in [-0.05, 0) is 24.3 Å². The zero-order valence-electron chi connectivity index (χ0n) is 12.8. The van der Waals surface area contributed by atoms with Crippen molar-refractivity contribution in [3.8, 4) is 0 Å². The normalized spacial score (nSPS) is 14.7. The second-order valence-corrected chi connectivity index (χ2v) is 5.81. The SMILES string of the molecule is Cn1ccc(C(=O)NC2CN(c3ccc4ccccc4n3)C2)n1. The number of carbonyl (C=O) groups is 1. The summed E-state index contributed by atoms with van der Waals surface area (Å²) in [4.78, 5) is 18.9. The predicted octanol–water partition coefficient (Wildman–Crippen LogP) is 1.59. The van der Waals surface area contributed by atoms with Gasteiger partial charge in [0.15, 0.2) is 0 Å². The van der Waals surface area contributed by atoms with E-state index in [0.29, 0.717) is 5.69 Å². The van der Waals surface area contributed by atoms with E-state index in [2.05, 4.69) is 32.4 Å². The first-order valence-electron chi connectivity index (χ1n) is 7.60. The summed E-state index contributed by atoms with van der Waals surface area (Å²) in [6, 6.07) is 14.0. The number of amides is 1. The fourth-order valence-electron chi connectivity index (χ4n) is 2.78. The summed E-state index contributed by atoms with van der Waals surface area (Å²) in [5.74, 6) is 0.828. The number of aryl methyl sites for hydroxylation is 1. The lowest BCUT2D eigenvalue weighted by Gasteiger charge is -2.40. The Hall–Kier alpha value is -2.89. The van der Waals surface area contributed by atoms with Gasteiger partial charge in [-0.1, -0.05) is 18.2 Å². The van der Waals surface area contributed by atoms with Crippen LogP contribution < -0.4 is 10.2 Å². The number of hydrogen-bond acceptors (Lipinski definition) is 4. The molecule has 3 aromatic rings. The van der Waals surface area contributed by atoms with Gasteiger partial charge in [0.2, 0.25) is 0 Å². The molecule has 116 valence electrons. The molecular formula is C17H17N5O. The zero-order valence-corrected chi connectivity index (χ0v) is 12.8. The van der Waals surface area contributed by atoms with Gasteiger partial charge in [-0.15, -0.1) is 0 Å². The number of para-hydroxylation sites is 1. The first kappa shape index (κ1) is 13.8. The molecule has 0 radical (unpaired) electrons. The van der Waals surface area contributed by atoms with Crippen molar-refractivity contribution in [3.63, 3.8) is 0 Å². The fraction of sp³-hybridized carbons (Fsp3) is 0.235. The van der Waals surface area contributed by atoms with Gasteiger partial charge in [-0.25, -0.2) is 4.98 Å². The van der Waals surface area contributed by atoms with E-state index in [-0.39, 0.29) is 11.9 Å². The highest BCUT2D eigenvalue weighted by Gasteiger charge is 2.29. The molecule has 3 heterocycles. The summed E-state index contributed by atoms with van der Waals surface area (Å²) in [7, 11) is 1.80. The van der Waals surface area contributed by atoms with Crippen LogP contribution in [0.3, 0.4) is 0 Å². The standard InChI is InChI=1S/C17H17N5O/c1-21-9-8-15(20-21)17(23)18-13-10-22(11-13)16-7-6-12-4-2-3-5-14(12)19-16/h2-9,13H,10-11H2,1H3,(H,18,23). The van der Waals surface area contributed by atoms with Gasteiger partial charge < -0.3 is 10.2 Å². The van der Waals surface area contributed by atoms with Crippen molar-refractivity contribution in [2.75, 3.05) is 18.0 Å². The average Bonchev–Trinajstić information content (AvgIpc) is 2.96. The van der Waals surface area contributed by atoms with Crippen LogP contribution in [0, 0.1) is 0 Å². The number of fused-ring (bicyclic) bond motifs is 1. The Bertz CT molecular complexity index is 866. The molecule has 0 saturated carbocycles. The van der Waals surface area contributed by atoms with Crippen molar-refractivity contribution in [2.24, 2.45) is 7.05 Å². The number of rotatable bonds is 3. The Morgan fingerprint density at radius 1 is 1.17 bits per heavy atom. The number of aromatic nitrogens is 3. The van der Waals surface area contributed by atoms with Crippen molar-refractivity contribution < 1.29 is 4.79 Å². The Morgan fingerprint density at radius 3 is 2.78 bits per heavy atom. The molecule has 1 aliphatic rings. The Morgan fingerprint density at radius 2 is 2.00 bits per heavy atom. The highest BCUT2D eigenvalue weighted by molar-refractivity contribution is 5.92. The van der Waals surface area contributed by atoms with Crippen LogP contribution in [-0.4, -0.2) is 39.8 Å². The summed E-state index contributed by atoms with van der Waals surface area (Å²) in [6.07, 6.45) is 1.76. The Labute approximate surface area is 133 Å². The lowest BCUT2D eigenvalue weighted by Crippen LogP contribution is -2.59. The van der Waals surface area contributed by atoms with Crippen LogP contribution in [0.1, 0.15) is 10.5 Å². The van der Waals surface area contributed by atoms with Crippen LogP contribution in [0.15, 0.2) is 48.7 Å². The van der Waals surface area contributed by atoms with Crippen LogP contribution in [0.4, 0.5) is 5.82 Å². The summed E-state index contributed by atoms with van der Waals surface area (Å²) >= 11 is 0. The first-order valence-corrected chi connectivity index (χ1v) is 7.60. The van der Waals surface area contributed by atoms with Crippen molar-refractivity contribution in [1.29, 1.82) is 0 Å². The van der Waals surface area contributed by atoms with E-state index in [1.807, 2.05) is 24.3 Å². The number of anilines is 1. The van der Waals surface area contributed by atoms with Crippen LogP contribution in [-0.2, 0) is 7.05 Å². The molecule has 1 fully saturated rings. The first-order chi connectivity index (χ1) is 11.2. The third-order valence-electron chi connectivity index (χ3n) is 4.07. The van der Waals surface area contributed by atoms with Gasteiger partial charge in [0.1, 0.15) is 11.5 Å². The van der Waals surface area contributed by atoms with Crippen LogP contribution in [0.5, 0.6) is 0 Å². The molecule has 1 aliphatic heterocycles. The minimum Gasteiger partial charge on any atom is -0.352 e. The zero-order chi connectivity index (χ0) is 15.8. The molecule has 6 nitrogen and oxygen atoms in total. The fourth-order valence-corrected chi connectivity index (χ4v) is 2.78. The number of hydrogen-bond donors (Lipinski definition) is 1. The molecule has 1 N–H and O–H groups in total. The van der Waals surface area contributed by atoms with E-state index >= 15 is 0 Å². The summed E-state index contributed by atoms with van der Waals surface area (Å²) in [6.45, 7) is 1.54. The minimum atomic E-state index is -0.123. The van der Waals surface area contributed by atoms with Crippen LogP contribution in [0.25, 0.3) is 10.9 Å². The maximum atomic E-state index is 12.1. The number of pyridine rings is 1. The van der Waals surface area contributed by atoms with Gasteiger partial charge in [-0.2, -0.15) is 5.10 Å². The van der Waals surface area contributed by atoms with Gasteiger partial charge in [0, 0.05) is 31.7 Å². The lowest BCUT2D eigenvalue weighted by atomic mass is 10.1. The Kier molecular flexibility index (Phi) is 3.22. The van der Waals surface area contributed by atoms with Gasteiger partial charge >= 0.3 is 0 Å². The molecule has 2 aromatic heterocycles. The average molecular weight is 307 g/mol. The molecule has 0 unspecified atom stereocenters. The van der Waals surface area contributed by atoms with Gasteiger partial charge in [0.25, 0.3) is 5.91 Å². The maximum Gasteiger partial charge on any atom is 0.272 e. The molecule has 6 heteroatoms. The highest BCUT2D eigenvalue weighted by Crippen LogP contribution is 2.22. The molecular weight excluding hydrogens is 290 g/mol. The molecule has 4 rings (SSSR count). The van der Waals surface area contributed by atoms with Crippen LogP contribution >= 0.6 is 0 Å². The third kappa shape index (κ3) is 2.63. The second-order valence-electron chi connectivity index (χ2n) is 5.81. The second kappa shape index (κ2) is 5.39. The number of nitrogens with one attached hydrogen (secondary N) is 1. The minimum absolute atomic E-state index is 0.123. The highest BCUT2D eigenvalue weighted by atomic mass is 16.2. The van der Waals surface area contributed by atoms with Gasteiger partial charge in [-0.3, -0.25) is 9.48 Å². The number of nitrogens with zero attached hydrogens (tertiary/aromatic N) is 4. The van der Waals surface area contributed by atoms with Crippen molar-refractivity contribution in [2.45, 2.75) is 6.04 Å². The van der Waals surface area contributed by atoms with E-state index in [1.54, 1.807) is 24.0 Å². The van der Waals surface area contributed by atoms with E-state index in [4.69, 9.17) is 0 Å². The molecule has 23 heavy (non-hydrogen) atoms. The predicted molar refractivity (Wildman–Crippen MR) is 88.4 cm³/mol. The molecule has 1 saturated heterocycles. The Balaban J connectivity index is 1.39. The topological polar surface area (TPSA) is 63.1 Å². The summed E-state index contributed by atoms with van der Waals surface area (Å²) < 4.78 is 1.63. The van der Waals surface area contributed by atoms with Gasteiger partial charge in [0.05, 0.1) is 11.6 Å². The molecule has 0 bridgehead atoms. The monoisotopic (exact) mass is 307 g/mol. The molecule has 1 amide bonds. The van der Waals surface area contributed by atoms with E-state index < -0.39 is 0 Å². The maximum absolute atomic E-state index is 12.1. The molecule has 0 aliphatic carbocycles. The van der Waals surface area contributed by atoms with Crippen molar-refractivity contribution in [3.05, 3.63) is 54.4 Å². The number of carbonyl (C=O) groups excluding carboxylic acids is 1. The largest absolute Gasteiger partial charge is 0.352 e. The van der Waals surface area contributed by atoms with Crippen LogP contribution in [0.2, 0.25) is 0 Å². The quantitative estimate of drug-likeness (QED) is 0.798.